The van der Waals surface area contributed by atoms with E-state index in [1.165, 1.54) is 12.4 Å². The Morgan fingerprint density at radius 2 is 2.50 bits per heavy atom. The number of carbonyl (C=O) groups excluding carboxylic acids is 1. The van der Waals surface area contributed by atoms with E-state index < -0.39 is 0 Å². The highest BCUT2D eigenvalue weighted by molar-refractivity contribution is 5.88. The van der Waals surface area contributed by atoms with Crippen LogP contribution in [0.2, 0.25) is 0 Å². The standard InChI is InChI=1S/C7H10N2O3/c1-11-2-3-12-7(10)6-4-8-9-5-6/h4-5H,2-3H2,1H3,(H,8,9). The molecule has 0 amide bonds. The molecule has 5 nitrogen and oxygen atoms in total. The fourth-order valence-corrected chi connectivity index (χ4v) is 0.664. The van der Waals surface area contributed by atoms with Crippen LogP contribution in [-0.4, -0.2) is 36.5 Å². The highest BCUT2D eigenvalue weighted by Gasteiger charge is 2.06. The Bertz CT molecular complexity index is 233. The zero-order valence-electron chi connectivity index (χ0n) is 6.74. The lowest BCUT2D eigenvalue weighted by molar-refractivity contribution is 0.0388. The summed E-state index contributed by atoms with van der Waals surface area (Å²) in [5.74, 6) is -0.388. The number of aromatic nitrogens is 2. The number of hydrogen-bond acceptors (Lipinski definition) is 4. The van der Waals surface area contributed by atoms with Crippen molar-refractivity contribution >= 4 is 5.97 Å². The summed E-state index contributed by atoms with van der Waals surface area (Å²) in [6.07, 6.45) is 2.89. The summed E-state index contributed by atoms with van der Waals surface area (Å²) in [7, 11) is 1.55. The molecule has 0 aliphatic heterocycles. The van der Waals surface area contributed by atoms with E-state index in [1.807, 2.05) is 0 Å². The van der Waals surface area contributed by atoms with E-state index in [0.717, 1.165) is 0 Å². The molecule has 1 rings (SSSR count). The smallest absolute Gasteiger partial charge is 0.341 e. The van der Waals surface area contributed by atoms with Crippen molar-refractivity contribution in [2.75, 3.05) is 20.3 Å². The summed E-state index contributed by atoms with van der Waals surface area (Å²) in [5, 5.41) is 6.13. The summed E-state index contributed by atoms with van der Waals surface area (Å²) in [6.45, 7) is 0.671. The van der Waals surface area contributed by atoms with E-state index in [9.17, 15) is 4.79 Å². The van der Waals surface area contributed by atoms with Crippen LogP contribution >= 0.6 is 0 Å². The number of nitrogens with one attached hydrogen (secondary N) is 1. The molecular weight excluding hydrogens is 160 g/mol. The molecule has 0 aliphatic rings. The first-order chi connectivity index (χ1) is 5.84. The Morgan fingerprint density at radius 1 is 1.67 bits per heavy atom. The maximum atomic E-state index is 11.0. The number of rotatable bonds is 4. The molecule has 0 spiro atoms. The van der Waals surface area contributed by atoms with Crippen LogP contribution < -0.4 is 0 Å². The van der Waals surface area contributed by atoms with Crippen LogP contribution in [0.4, 0.5) is 0 Å². The number of H-pyrrole nitrogens is 1. The highest BCUT2D eigenvalue weighted by atomic mass is 16.6. The van der Waals surface area contributed by atoms with Crippen LogP contribution in [0.5, 0.6) is 0 Å². The Kier molecular flexibility index (Phi) is 3.28. The van der Waals surface area contributed by atoms with Gasteiger partial charge in [-0.2, -0.15) is 5.10 Å². The molecule has 0 radical (unpaired) electrons. The van der Waals surface area contributed by atoms with E-state index in [-0.39, 0.29) is 12.6 Å². The third-order valence-corrected chi connectivity index (χ3v) is 1.25. The Morgan fingerprint density at radius 3 is 3.08 bits per heavy atom. The molecule has 66 valence electrons. The Labute approximate surface area is 69.7 Å². The Hall–Kier alpha value is -1.36. The van der Waals surface area contributed by atoms with Gasteiger partial charge < -0.3 is 9.47 Å². The summed E-state index contributed by atoms with van der Waals surface area (Å²) < 4.78 is 9.51. The number of ether oxygens (including phenoxy) is 2. The van der Waals surface area contributed by atoms with E-state index in [4.69, 9.17) is 9.47 Å². The summed E-state index contributed by atoms with van der Waals surface area (Å²) in [4.78, 5) is 11.0. The predicted octanol–water partition coefficient (Wildman–Crippen LogP) is 0.213. The van der Waals surface area contributed by atoms with Crippen molar-refractivity contribution in [3.8, 4) is 0 Å². The maximum absolute atomic E-state index is 11.0. The number of hydrogen-bond donors (Lipinski definition) is 1. The average molecular weight is 170 g/mol. The molecule has 0 saturated heterocycles. The van der Waals surface area contributed by atoms with Crippen LogP contribution in [0.3, 0.4) is 0 Å². The first-order valence-corrected chi connectivity index (χ1v) is 3.49. The molecule has 1 aromatic heterocycles. The van der Waals surface area contributed by atoms with Gasteiger partial charge in [-0.25, -0.2) is 4.79 Å². The number of nitrogens with zero attached hydrogens (tertiary/aromatic N) is 1. The number of esters is 1. The SMILES string of the molecule is COCCOC(=O)c1cn[nH]c1. The van der Waals surface area contributed by atoms with Crippen molar-refractivity contribution < 1.29 is 14.3 Å². The van der Waals surface area contributed by atoms with E-state index >= 15 is 0 Å². The van der Waals surface area contributed by atoms with Gasteiger partial charge in [-0.1, -0.05) is 0 Å². The quantitative estimate of drug-likeness (QED) is 0.518. The van der Waals surface area contributed by atoms with Crippen molar-refractivity contribution in [2.24, 2.45) is 0 Å². The molecule has 12 heavy (non-hydrogen) atoms. The van der Waals surface area contributed by atoms with Gasteiger partial charge in [0.2, 0.25) is 0 Å². The molecule has 1 N–H and O–H groups in total. The van der Waals surface area contributed by atoms with Crippen LogP contribution in [0.15, 0.2) is 12.4 Å². The van der Waals surface area contributed by atoms with E-state index in [1.54, 1.807) is 7.11 Å². The van der Waals surface area contributed by atoms with Crippen molar-refractivity contribution in [1.29, 1.82) is 0 Å². The summed E-state index contributed by atoms with van der Waals surface area (Å²) in [6, 6.07) is 0. The summed E-state index contributed by atoms with van der Waals surface area (Å²) >= 11 is 0. The van der Waals surface area contributed by atoms with Gasteiger partial charge in [0.05, 0.1) is 18.4 Å². The second-order valence-electron chi connectivity index (χ2n) is 2.12. The molecule has 0 aliphatic carbocycles. The Balaban J connectivity index is 2.30. The van der Waals surface area contributed by atoms with Crippen molar-refractivity contribution in [1.82, 2.24) is 10.2 Å². The van der Waals surface area contributed by atoms with Gasteiger partial charge in [0.1, 0.15) is 6.61 Å². The molecule has 0 saturated carbocycles. The lowest BCUT2D eigenvalue weighted by atomic mass is 10.4. The van der Waals surface area contributed by atoms with Gasteiger partial charge in [0.25, 0.3) is 0 Å². The lowest BCUT2D eigenvalue weighted by Crippen LogP contribution is -2.08. The second-order valence-corrected chi connectivity index (χ2v) is 2.12. The first-order valence-electron chi connectivity index (χ1n) is 3.49. The number of carbonyl (C=O) groups is 1. The largest absolute Gasteiger partial charge is 0.460 e. The average Bonchev–Trinajstić information content (AvgIpc) is 2.56. The van der Waals surface area contributed by atoms with Crippen molar-refractivity contribution in [2.45, 2.75) is 0 Å². The van der Waals surface area contributed by atoms with Gasteiger partial charge in [-0.05, 0) is 0 Å². The highest BCUT2D eigenvalue weighted by Crippen LogP contribution is 1.96. The minimum absolute atomic E-state index is 0.264. The second kappa shape index (κ2) is 4.50. The van der Waals surface area contributed by atoms with E-state index in [0.29, 0.717) is 12.2 Å². The minimum atomic E-state index is -0.388. The fourth-order valence-electron chi connectivity index (χ4n) is 0.664. The third-order valence-electron chi connectivity index (χ3n) is 1.25. The molecule has 1 aromatic rings. The number of methoxy groups -OCH3 is 1. The van der Waals surface area contributed by atoms with Gasteiger partial charge in [0, 0.05) is 13.3 Å². The van der Waals surface area contributed by atoms with Gasteiger partial charge >= 0.3 is 5.97 Å². The minimum Gasteiger partial charge on any atom is -0.460 e. The third kappa shape index (κ3) is 2.35. The van der Waals surface area contributed by atoms with Crippen LogP contribution in [0.25, 0.3) is 0 Å². The summed E-state index contributed by atoms with van der Waals surface area (Å²) in [5.41, 5.74) is 0.422. The van der Waals surface area contributed by atoms with Crippen LogP contribution in [0, 0.1) is 0 Å². The lowest BCUT2D eigenvalue weighted by Gasteiger charge is -2.00. The molecule has 5 heteroatoms. The molecule has 0 bridgehead atoms. The fraction of sp³-hybridized carbons (Fsp3) is 0.429. The number of aromatic amines is 1. The van der Waals surface area contributed by atoms with Gasteiger partial charge in [-0.3, -0.25) is 5.10 Å². The van der Waals surface area contributed by atoms with Gasteiger partial charge in [-0.15, -0.1) is 0 Å². The molecule has 0 fully saturated rings. The first kappa shape index (κ1) is 8.73. The van der Waals surface area contributed by atoms with Crippen LogP contribution in [-0.2, 0) is 9.47 Å². The van der Waals surface area contributed by atoms with Crippen molar-refractivity contribution in [3.05, 3.63) is 18.0 Å². The zero-order chi connectivity index (χ0) is 8.81. The molecular formula is C7H10N2O3. The topological polar surface area (TPSA) is 64.2 Å². The van der Waals surface area contributed by atoms with Crippen molar-refractivity contribution in [3.63, 3.8) is 0 Å². The van der Waals surface area contributed by atoms with Gasteiger partial charge in [0.15, 0.2) is 0 Å². The zero-order valence-corrected chi connectivity index (χ0v) is 6.74. The molecule has 1 heterocycles. The molecule has 0 unspecified atom stereocenters. The molecule has 0 atom stereocenters. The maximum Gasteiger partial charge on any atom is 0.341 e. The normalized spacial score (nSPS) is 9.75. The monoisotopic (exact) mass is 170 g/mol. The van der Waals surface area contributed by atoms with Crippen LogP contribution in [0.1, 0.15) is 10.4 Å². The predicted molar refractivity (Wildman–Crippen MR) is 40.7 cm³/mol. The van der Waals surface area contributed by atoms with E-state index in [2.05, 4.69) is 10.2 Å². The molecule has 0 aromatic carbocycles.